The van der Waals surface area contributed by atoms with Crippen LogP contribution in [0.15, 0.2) is 35.7 Å². The fourth-order valence-corrected chi connectivity index (χ4v) is 2.19. The van der Waals surface area contributed by atoms with Gasteiger partial charge in [-0.25, -0.2) is 0 Å². The summed E-state index contributed by atoms with van der Waals surface area (Å²) in [6.45, 7) is -2.90. The van der Waals surface area contributed by atoms with E-state index in [0.717, 1.165) is 0 Å². The summed E-state index contributed by atoms with van der Waals surface area (Å²) in [5.74, 6) is -0.446. The molecule has 0 aliphatic rings. The summed E-state index contributed by atoms with van der Waals surface area (Å²) >= 11 is 1.23. The molecule has 102 valence electrons. The van der Waals surface area contributed by atoms with E-state index in [1.807, 2.05) is 6.07 Å². The van der Waals surface area contributed by atoms with Crippen molar-refractivity contribution in [2.24, 2.45) is 0 Å². The molecule has 0 aliphatic carbocycles. The van der Waals surface area contributed by atoms with Crippen LogP contribution in [-0.4, -0.2) is 12.5 Å². The van der Waals surface area contributed by atoms with E-state index in [9.17, 15) is 13.6 Å². The molecule has 0 atom stereocenters. The van der Waals surface area contributed by atoms with Crippen molar-refractivity contribution in [1.29, 1.82) is 5.26 Å². The van der Waals surface area contributed by atoms with Crippen LogP contribution in [0.4, 0.5) is 13.8 Å². The molecule has 0 radical (unpaired) electrons. The minimum Gasteiger partial charge on any atom is -0.435 e. The van der Waals surface area contributed by atoms with E-state index in [4.69, 9.17) is 5.26 Å². The quantitative estimate of drug-likeness (QED) is 0.939. The van der Waals surface area contributed by atoms with Gasteiger partial charge in [0.05, 0.1) is 5.56 Å². The van der Waals surface area contributed by atoms with E-state index in [0.29, 0.717) is 10.6 Å². The van der Waals surface area contributed by atoms with Gasteiger partial charge in [-0.2, -0.15) is 14.0 Å². The van der Waals surface area contributed by atoms with Gasteiger partial charge >= 0.3 is 6.61 Å². The number of thiophene rings is 1. The Morgan fingerprint density at radius 1 is 1.30 bits per heavy atom. The Morgan fingerprint density at radius 3 is 2.60 bits per heavy atom. The molecule has 0 saturated carbocycles. The zero-order valence-corrected chi connectivity index (χ0v) is 10.8. The minimum atomic E-state index is -2.90. The topological polar surface area (TPSA) is 62.1 Å². The van der Waals surface area contributed by atoms with Crippen molar-refractivity contribution in [3.63, 3.8) is 0 Å². The maximum absolute atomic E-state index is 12.0. The number of nitrogens with one attached hydrogen (secondary N) is 1. The third-order valence-electron chi connectivity index (χ3n) is 2.35. The number of nitriles is 1. The first kappa shape index (κ1) is 14.0. The lowest BCUT2D eigenvalue weighted by atomic mass is 10.2. The zero-order valence-electron chi connectivity index (χ0n) is 9.97. The normalized spacial score (nSPS) is 10.1. The fraction of sp³-hybridized carbons (Fsp3) is 0.0769. The molecular weight excluding hydrogens is 286 g/mol. The molecule has 0 fully saturated rings. The molecule has 1 N–H and O–H groups in total. The number of carbonyl (C=O) groups excluding carboxylic acids is 1. The van der Waals surface area contributed by atoms with Crippen molar-refractivity contribution in [2.75, 3.05) is 5.32 Å². The first-order valence-electron chi connectivity index (χ1n) is 5.44. The standard InChI is InChI=1S/C13H8F2N2O2S/c14-13(15)19-10-3-1-8(2-4-10)11(18)17-12-9(7-16)5-6-20-12/h1-6,13H,(H,17,18). The maximum atomic E-state index is 12.0. The summed E-state index contributed by atoms with van der Waals surface area (Å²) < 4.78 is 28.2. The van der Waals surface area contributed by atoms with Gasteiger partial charge in [0.2, 0.25) is 0 Å². The van der Waals surface area contributed by atoms with E-state index < -0.39 is 12.5 Å². The Bertz CT molecular complexity index is 647. The SMILES string of the molecule is N#Cc1ccsc1NC(=O)c1ccc(OC(F)F)cc1. The lowest BCUT2D eigenvalue weighted by molar-refractivity contribution is -0.0498. The maximum Gasteiger partial charge on any atom is 0.387 e. The Balaban J connectivity index is 2.08. The third-order valence-corrected chi connectivity index (χ3v) is 3.18. The number of benzene rings is 1. The van der Waals surface area contributed by atoms with E-state index in [1.54, 1.807) is 11.4 Å². The zero-order chi connectivity index (χ0) is 14.5. The van der Waals surface area contributed by atoms with Gasteiger partial charge in [0, 0.05) is 5.56 Å². The number of hydrogen-bond donors (Lipinski definition) is 1. The van der Waals surface area contributed by atoms with Crippen LogP contribution < -0.4 is 10.1 Å². The lowest BCUT2D eigenvalue weighted by Gasteiger charge is -2.06. The molecule has 0 bridgehead atoms. The average molecular weight is 294 g/mol. The van der Waals surface area contributed by atoms with Crippen LogP contribution in [0.3, 0.4) is 0 Å². The van der Waals surface area contributed by atoms with Gasteiger partial charge in [0.25, 0.3) is 5.91 Å². The summed E-state index contributed by atoms with van der Waals surface area (Å²) in [5, 5.41) is 13.6. The highest BCUT2D eigenvalue weighted by molar-refractivity contribution is 7.14. The van der Waals surface area contributed by atoms with Crippen molar-refractivity contribution in [3.05, 3.63) is 46.8 Å². The van der Waals surface area contributed by atoms with Crippen molar-refractivity contribution in [2.45, 2.75) is 6.61 Å². The van der Waals surface area contributed by atoms with E-state index in [-0.39, 0.29) is 11.3 Å². The highest BCUT2D eigenvalue weighted by Crippen LogP contribution is 2.23. The average Bonchev–Trinajstić information content (AvgIpc) is 2.86. The predicted molar refractivity (Wildman–Crippen MR) is 70.1 cm³/mol. The molecule has 2 rings (SSSR count). The monoisotopic (exact) mass is 294 g/mol. The second kappa shape index (κ2) is 6.12. The summed E-state index contributed by atoms with van der Waals surface area (Å²) in [5.41, 5.74) is 0.657. The van der Waals surface area contributed by atoms with Crippen LogP contribution in [0.5, 0.6) is 5.75 Å². The van der Waals surface area contributed by atoms with Crippen LogP contribution in [0.2, 0.25) is 0 Å². The molecule has 0 spiro atoms. The molecule has 20 heavy (non-hydrogen) atoms. The number of halogens is 2. The number of hydrogen-bond acceptors (Lipinski definition) is 4. The lowest BCUT2D eigenvalue weighted by Crippen LogP contribution is -2.11. The fourth-order valence-electron chi connectivity index (χ4n) is 1.46. The smallest absolute Gasteiger partial charge is 0.387 e. The number of anilines is 1. The largest absolute Gasteiger partial charge is 0.435 e. The Hall–Kier alpha value is -2.46. The molecular formula is C13H8F2N2O2S. The molecule has 4 nitrogen and oxygen atoms in total. The highest BCUT2D eigenvalue weighted by atomic mass is 32.1. The van der Waals surface area contributed by atoms with Gasteiger partial charge in [-0.05, 0) is 35.7 Å². The number of ether oxygens (including phenoxy) is 1. The van der Waals surface area contributed by atoms with Gasteiger partial charge in [0.1, 0.15) is 16.8 Å². The van der Waals surface area contributed by atoms with E-state index in [1.165, 1.54) is 35.6 Å². The first-order chi connectivity index (χ1) is 9.60. The molecule has 1 aromatic heterocycles. The van der Waals surface area contributed by atoms with Crippen LogP contribution >= 0.6 is 11.3 Å². The second-order valence-electron chi connectivity index (χ2n) is 3.63. The number of carbonyl (C=O) groups is 1. The van der Waals surface area contributed by atoms with Crippen LogP contribution in [-0.2, 0) is 0 Å². The van der Waals surface area contributed by atoms with Crippen molar-refractivity contribution < 1.29 is 18.3 Å². The number of amides is 1. The first-order valence-corrected chi connectivity index (χ1v) is 6.32. The van der Waals surface area contributed by atoms with Gasteiger partial charge in [-0.15, -0.1) is 11.3 Å². The van der Waals surface area contributed by atoms with Crippen molar-refractivity contribution in [3.8, 4) is 11.8 Å². The third kappa shape index (κ3) is 3.30. The predicted octanol–water partition coefficient (Wildman–Crippen LogP) is 3.47. The van der Waals surface area contributed by atoms with Gasteiger partial charge in [-0.1, -0.05) is 0 Å². The van der Waals surface area contributed by atoms with E-state index in [2.05, 4.69) is 10.1 Å². The molecule has 0 unspecified atom stereocenters. The molecule has 0 aliphatic heterocycles. The Morgan fingerprint density at radius 2 is 2.00 bits per heavy atom. The summed E-state index contributed by atoms with van der Waals surface area (Å²) in [6, 6.07) is 8.84. The minimum absolute atomic E-state index is 0.0228. The summed E-state index contributed by atoms with van der Waals surface area (Å²) in [6.07, 6.45) is 0. The molecule has 1 heterocycles. The van der Waals surface area contributed by atoms with Gasteiger partial charge < -0.3 is 10.1 Å². The number of alkyl halides is 2. The molecule has 7 heteroatoms. The molecule has 1 amide bonds. The van der Waals surface area contributed by atoms with Crippen LogP contribution in [0.25, 0.3) is 0 Å². The van der Waals surface area contributed by atoms with Crippen LogP contribution in [0.1, 0.15) is 15.9 Å². The highest BCUT2D eigenvalue weighted by Gasteiger charge is 2.11. The van der Waals surface area contributed by atoms with Crippen LogP contribution in [0, 0.1) is 11.3 Å². The van der Waals surface area contributed by atoms with Crippen molar-refractivity contribution >= 4 is 22.2 Å². The van der Waals surface area contributed by atoms with Gasteiger partial charge in [-0.3, -0.25) is 4.79 Å². The molecule has 2 aromatic rings. The summed E-state index contributed by atoms with van der Waals surface area (Å²) in [7, 11) is 0. The van der Waals surface area contributed by atoms with Crippen molar-refractivity contribution in [1.82, 2.24) is 0 Å². The number of rotatable bonds is 4. The number of nitrogens with zero attached hydrogens (tertiary/aromatic N) is 1. The summed E-state index contributed by atoms with van der Waals surface area (Å²) in [4.78, 5) is 11.9. The van der Waals surface area contributed by atoms with E-state index >= 15 is 0 Å². The second-order valence-corrected chi connectivity index (χ2v) is 4.55. The molecule has 1 aromatic carbocycles. The Labute approximate surface area is 117 Å². The molecule has 0 saturated heterocycles. The van der Waals surface area contributed by atoms with Gasteiger partial charge in [0.15, 0.2) is 0 Å². The Kier molecular flexibility index (Phi) is 4.27.